The zero-order valence-corrected chi connectivity index (χ0v) is 17.8. The molecule has 0 unspecified atom stereocenters. The molecule has 29 heavy (non-hydrogen) atoms. The monoisotopic (exact) mass is 400 g/mol. The summed E-state index contributed by atoms with van der Waals surface area (Å²) in [5.41, 5.74) is 0.00483. The van der Waals surface area contributed by atoms with Crippen LogP contribution in [0.1, 0.15) is 61.8 Å². The van der Waals surface area contributed by atoms with Crippen LogP contribution in [0.15, 0.2) is 48.5 Å². The maximum atomic E-state index is 12.3. The summed E-state index contributed by atoms with van der Waals surface area (Å²) in [5, 5.41) is 43.2. The minimum atomic E-state index is -1.72. The highest BCUT2D eigenvalue weighted by molar-refractivity contribution is 5.47. The van der Waals surface area contributed by atoms with Gasteiger partial charge in [0.05, 0.1) is 25.2 Å². The van der Waals surface area contributed by atoms with Crippen molar-refractivity contribution in [2.45, 2.75) is 58.0 Å². The SMILES string of the molecule is CCCCc1ccccc1C(O)(c1ccccc1CCCC)C(CO)(CO)CO. The van der Waals surface area contributed by atoms with Crippen LogP contribution in [0.4, 0.5) is 0 Å². The Hall–Kier alpha value is -1.72. The van der Waals surface area contributed by atoms with Crippen LogP contribution in [0.25, 0.3) is 0 Å². The largest absolute Gasteiger partial charge is 0.395 e. The number of benzene rings is 2. The predicted molar refractivity (Wildman–Crippen MR) is 117 cm³/mol. The Morgan fingerprint density at radius 2 is 1.03 bits per heavy atom. The molecule has 0 amide bonds. The molecule has 0 aliphatic carbocycles. The molecule has 0 fully saturated rings. The summed E-state index contributed by atoms with van der Waals surface area (Å²) in [5.74, 6) is 0. The minimum Gasteiger partial charge on any atom is -0.395 e. The fourth-order valence-corrected chi connectivity index (χ4v) is 4.13. The van der Waals surface area contributed by atoms with Gasteiger partial charge in [0.1, 0.15) is 5.60 Å². The molecule has 0 aliphatic heterocycles. The number of aliphatic hydroxyl groups excluding tert-OH is 3. The molecule has 4 heteroatoms. The van der Waals surface area contributed by atoms with Crippen molar-refractivity contribution in [2.24, 2.45) is 5.41 Å². The van der Waals surface area contributed by atoms with Crippen molar-refractivity contribution in [1.82, 2.24) is 0 Å². The van der Waals surface area contributed by atoms with Gasteiger partial charge in [-0.05, 0) is 47.9 Å². The topological polar surface area (TPSA) is 80.9 Å². The van der Waals surface area contributed by atoms with E-state index in [1.807, 2.05) is 48.5 Å². The lowest BCUT2D eigenvalue weighted by Crippen LogP contribution is -2.55. The van der Waals surface area contributed by atoms with Crippen LogP contribution >= 0.6 is 0 Å². The Kier molecular flexibility index (Phi) is 8.84. The number of aliphatic hydroxyl groups is 4. The maximum Gasteiger partial charge on any atom is 0.127 e. The van der Waals surface area contributed by atoms with Crippen LogP contribution in [-0.4, -0.2) is 40.2 Å². The van der Waals surface area contributed by atoms with Crippen molar-refractivity contribution >= 4 is 0 Å². The first kappa shape index (κ1) is 23.6. The molecule has 0 heterocycles. The van der Waals surface area contributed by atoms with E-state index in [1.165, 1.54) is 0 Å². The minimum absolute atomic E-state index is 0.541. The Morgan fingerprint density at radius 3 is 1.38 bits per heavy atom. The van der Waals surface area contributed by atoms with Crippen LogP contribution in [-0.2, 0) is 18.4 Å². The first-order valence-corrected chi connectivity index (χ1v) is 10.8. The number of aryl methyl sites for hydroxylation is 2. The van der Waals surface area contributed by atoms with Gasteiger partial charge in [0.25, 0.3) is 0 Å². The second-order valence-corrected chi connectivity index (χ2v) is 7.99. The lowest BCUT2D eigenvalue weighted by Gasteiger charge is -2.46. The van der Waals surface area contributed by atoms with Gasteiger partial charge >= 0.3 is 0 Å². The molecule has 4 N–H and O–H groups in total. The Morgan fingerprint density at radius 1 is 0.655 bits per heavy atom. The highest BCUT2D eigenvalue weighted by Crippen LogP contribution is 2.47. The van der Waals surface area contributed by atoms with Crippen molar-refractivity contribution in [1.29, 1.82) is 0 Å². The average Bonchev–Trinajstić information content (AvgIpc) is 2.78. The fourth-order valence-electron chi connectivity index (χ4n) is 4.13. The third kappa shape index (κ3) is 4.56. The van der Waals surface area contributed by atoms with Crippen molar-refractivity contribution in [3.63, 3.8) is 0 Å². The molecule has 0 bridgehead atoms. The molecule has 4 nitrogen and oxygen atoms in total. The summed E-state index contributed by atoms with van der Waals surface area (Å²) in [6, 6.07) is 15.3. The Balaban J connectivity index is 2.80. The lowest BCUT2D eigenvalue weighted by molar-refractivity contribution is -0.136. The molecule has 160 valence electrons. The summed E-state index contributed by atoms with van der Waals surface area (Å²) in [7, 11) is 0. The number of hydrogen-bond donors (Lipinski definition) is 4. The molecule has 0 saturated heterocycles. The van der Waals surface area contributed by atoms with E-state index in [9.17, 15) is 20.4 Å². The average molecular weight is 401 g/mol. The zero-order valence-electron chi connectivity index (χ0n) is 17.8. The summed E-state index contributed by atoms with van der Waals surface area (Å²) < 4.78 is 0. The smallest absolute Gasteiger partial charge is 0.127 e. The van der Waals surface area contributed by atoms with Crippen LogP contribution < -0.4 is 0 Å². The van der Waals surface area contributed by atoms with E-state index in [0.29, 0.717) is 11.1 Å². The van der Waals surface area contributed by atoms with Gasteiger partial charge in [-0.1, -0.05) is 75.2 Å². The molecule has 0 aromatic heterocycles. The van der Waals surface area contributed by atoms with Gasteiger partial charge < -0.3 is 20.4 Å². The van der Waals surface area contributed by atoms with Crippen LogP contribution in [0.3, 0.4) is 0 Å². The molecule has 0 saturated carbocycles. The van der Waals surface area contributed by atoms with E-state index in [4.69, 9.17) is 0 Å². The first-order valence-electron chi connectivity index (χ1n) is 10.8. The lowest BCUT2D eigenvalue weighted by atomic mass is 9.63. The van der Waals surface area contributed by atoms with E-state index >= 15 is 0 Å². The molecular formula is C25H36O4. The first-order chi connectivity index (χ1) is 14.0. The number of unbranched alkanes of at least 4 members (excludes halogenated alkanes) is 2. The number of hydrogen-bond acceptors (Lipinski definition) is 4. The van der Waals surface area contributed by atoms with Crippen LogP contribution in [0.2, 0.25) is 0 Å². The van der Waals surface area contributed by atoms with E-state index < -0.39 is 30.8 Å². The molecule has 2 rings (SSSR count). The van der Waals surface area contributed by atoms with Crippen molar-refractivity contribution in [2.75, 3.05) is 19.8 Å². The third-order valence-corrected chi connectivity index (χ3v) is 6.09. The molecule has 2 aromatic rings. The van der Waals surface area contributed by atoms with Crippen molar-refractivity contribution in [3.05, 3.63) is 70.8 Å². The summed E-state index contributed by atoms with van der Waals surface area (Å²) >= 11 is 0. The van der Waals surface area contributed by atoms with Crippen molar-refractivity contribution < 1.29 is 20.4 Å². The second kappa shape index (κ2) is 10.9. The fraction of sp³-hybridized carbons (Fsp3) is 0.520. The number of rotatable bonds is 12. The van der Waals surface area contributed by atoms with Gasteiger partial charge in [0, 0.05) is 0 Å². The van der Waals surface area contributed by atoms with E-state index in [1.54, 1.807) is 0 Å². The third-order valence-electron chi connectivity index (χ3n) is 6.09. The quantitative estimate of drug-likeness (QED) is 0.439. The maximum absolute atomic E-state index is 12.3. The van der Waals surface area contributed by atoms with Gasteiger partial charge in [-0.25, -0.2) is 0 Å². The standard InChI is InChI=1S/C25H36O4/c1-3-5-11-20-13-7-9-15-22(20)25(29,24(17-26,18-27)19-28)23-16-10-8-14-21(23)12-6-4-2/h7-10,13-16,26-29H,3-6,11-12,17-19H2,1-2H3. The van der Waals surface area contributed by atoms with E-state index in [0.717, 1.165) is 49.7 Å². The van der Waals surface area contributed by atoms with Crippen LogP contribution in [0.5, 0.6) is 0 Å². The van der Waals surface area contributed by atoms with Crippen molar-refractivity contribution in [3.8, 4) is 0 Å². The van der Waals surface area contributed by atoms with E-state index in [-0.39, 0.29) is 0 Å². The van der Waals surface area contributed by atoms with Gasteiger partial charge in [0.15, 0.2) is 0 Å². The van der Waals surface area contributed by atoms with Gasteiger partial charge in [0.2, 0.25) is 0 Å². The molecule has 0 atom stereocenters. The van der Waals surface area contributed by atoms with Gasteiger partial charge in [-0.2, -0.15) is 0 Å². The zero-order chi connectivity index (χ0) is 21.3. The predicted octanol–water partition coefficient (Wildman–Crippen LogP) is 3.57. The Labute approximate surface area is 174 Å². The summed E-state index contributed by atoms with van der Waals surface area (Å²) in [4.78, 5) is 0. The molecule has 2 aromatic carbocycles. The molecule has 0 radical (unpaired) electrons. The van der Waals surface area contributed by atoms with Gasteiger partial charge in [-0.3, -0.25) is 0 Å². The summed E-state index contributed by atoms with van der Waals surface area (Å²) in [6.07, 6.45) is 5.54. The van der Waals surface area contributed by atoms with Gasteiger partial charge in [-0.15, -0.1) is 0 Å². The summed E-state index contributed by atoms with van der Waals surface area (Å²) in [6.45, 7) is 2.62. The molecule has 0 spiro atoms. The van der Waals surface area contributed by atoms with E-state index in [2.05, 4.69) is 13.8 Å². The molecular weight excluding hydrogens is 364 g/mol. The normalized spacial score (nSPS) is 12.3. The highest BCUT2D eigenvalue weighted by Gasteiger charge is 2.53. The van der Waals surface area contributed by atoms with Crippen LogP contribution in [0, 0.1) is 5.41 Å². The molecule has 0 aliphatic rings. The Bertz CT molecular complexity index is 692. The highest BCUT2D eigenvalue weighted by atomic mass is 16.3. The second-order valence-electron chi connectivity index (χ2n) is 7.99.